The number of ether oxygens (including phenoxy) is 1. The number of halogens is 1. The van der Waals surface area contributed by atoms with Crippen LogP contribution < -0.4 is 10.1 Å². The summed E-state index contributed by atoms with van der Waals surface area (Å²) in [4.78, 5) is 37.8. The fourth-order valence-electron chi connectivity index (χ4n) is 3.45. The lowest BCUT2D eigenvalue weighted by atomic mass is 10.0. The van der Waals surface area contributed by atoms with Crippen molar-refractivity contribution in [3.63, 3.8) is 0 Å². The summed E-state index contributed by atoms with van der Waals surface area (Å²) in [5.41, 5.74) is 2.41. The molecule has 2 aliphatic rings. The van der Waals surface area contributed by atoms with Crippen molar-refractivity contribution in [3.05, 3.63) is 63.6 Å². The van der Waals surface area contributed by atoms with Gasteiger partial charge in [0.05, 0.1) is 5.56 Å². The van der Waals surface area contributed by atoms with Gasteiger partial charge in [-0.2, -0.15) is 0 Å². The lowest BCUT2D eigenvalue weighted by Gasteiger charge is -2.29. The van der Waals surface area contributed by atoms with Crippen LogP contribution in [0.15, 0.2) is 46.9 Å². The number of nitrogens with one attached hydrogen (secondary N) is 1. The van der Waals surface area contributed by atoms with E-state index >= 15 is 0 Å². The van der Waals surface area contributed by atoms with Crippen LogP contribution in [0.4, 0.5) is 0 Å². The Morgan fingerprint density at radius 2 is 1.93 bits per heavy atom. The van der Waals surface area contributed by atoms with E-state index in [-0.39, 0.29) is 18.2 Å². The molecule has 1 saturated heterocycles. The number of carbonyl (C=O) groups excluding carboxylic acids is 3. The van der Waals surface area contributed by atoms with Gasteiger partial charge in [-0.05, 0) is 45.6 Å². The van der Waals surface area contributed by atoms with Gasteiger partial charge in [-0.3, -0.25) is 19.7 Å². The zero-order valence-electron chi connectivity index (χ0n) is 14.4. The summed E-state index contributed by atoms with van der Waals surface area (Å²) in [5, 5.41) is 2.31. The van der Waals surface area contributed by atoms with Crippen LogP contribution in [0.2, 0.25) is 0 Å². The number of carbonyl (C=O) groups is 3. The average Bonchev–Trinajstić information content (AvgIpc) is 2.98. The first-order chi connectivity index (χ1) is 13.0. The summed E-state index contributed by atoms with van der Waals surface area (Å²) in [6.45, 7) is 0.748. The minimum absolute atomic E-state index is 0.207. The van der Waals surface area contributed by atoms with Crippen LogP contribution in [0.5, 0.6) is 5.75 Å². The molecule has 138 valence electrons. The smallest absolute Gasteiger partial charge is 0.256 e. The van der Waals surface area contributed by atoms with Crippen LogP contribution in [0.25, 0.3) is 0 Å². The van der Waals surface area contributed by atoms with Gasteiger partial charge < -0.3 is 9.64 Å². The van der Waals surface area contributed by atoms with E-state index in [1.807, 2.05) is 36.4 Å². The topological polar surface area (TPSA) is 75.7 Å². The Labute approximate surface area is 164 Å². The Hall–Kier alpha value is -2.67. The third-order valence-corrected chi connectivity index (χ3v) is 5.42. The Morgan fingerprint density at radius 1 is 1.15 bits per heavy atom. The van der Waals surface area contributed by atoms with E-state index in [2.05, 4.69) is 21.2 Å². The molecule has 27 heavy (non-hydrogen) atoms. The number of hydrogen-bond donors (Lipinski definition) is 1. The second-order valence-electron chi connectivity index (χ2n) is 6.61. The van der Waals surface area contributed by atoms with E-state index in [4.69, 9.17) is 4.74 Å². The number of piperidine rings is 1. The van der Waals surface area contributed by atoms with Crippen molar-refractivity contribution in [2.45, 2.75) is 32.0 Å². The van der Waals surface area contributed by atoms with Gasteiger partial charge in [-0.15, -0.1) is 0 Å². The van der Waals surface area contributed by atoms with Gasteiger partial charge in [-0.1, -0.05) is 30.3 Å². The van der Waals surface area contributed by atoms with Gasteiger partial charge in [0.2, 0.25) is 11.8 Å². The lowest BCUT2D eigenvalue weighted by Crippen LogP contribution is -2.52. The van der Waals surface area contributed by atoms with Gasteiger partial charge >= 0.3 is 0 Å². The fraction of sp³-hybridized carbons (Fsp3) is 0.250. The highest BCUT2D eigenvalue weighted by Crippen LogP contribution is 2.35. The maximum atomic E-state index is 12.8. The third-order valence-electron chi connectivity index (χ3n) is 4.80. The fourth-order valence-corrected chi connectivity index (χ4v) is 4.10. The molecule has 0 aliphatic carbocycles. The van der Waals surface area contributed by atoms with Crippen LogP contribution in [0, 0.1) is 0 Å². The van der Waals surface area contributed by atoms with Crippen molar-refractivity contribution in [2.75, 3.05) is 0 Å². The van der Waals surface area contributed by atoms with Crippen molar-refractivity contribution >= 4 is 33.7 Å². The lowest BCUT2D eigenvalue weighted by molar-refractivity contribution is -0.136. The van der Waals surface area contributed by atoms with Gasteiger partial charge in [0.1, 0.15) is 18.4 Å². The molecule has 2 aliphatic heterocycles. The summed E-state index contributed by atoms with van der Waals surface area (Å²) in [6, 6.07) is 12.8. The molecule has 0 radical (unpaired) electrons. The number of benzene rings is 2. The molecule has 2 heterocycles. The summed E-state index contributed by atoms with van der Waals surface area (Å²) in [6.07, 6.45) is 0.586. The molecule has 7 heteroatoms. The van der Waals surface area contributed by atoms with Crippen LogP contribution in [0.3, 0.4) is 0 Å². The SMILES string of the molecule is O=C1CCC(N2Cc3cc(OCc4ccccc4)cc(Br)c3C2=O)C(=O)N1. The van der Waals surface area contributed by atoms with E-state index in [1.54, 1.807) is 6.07 Å². The normalized spacial score (nSPS) is 19.1. The number of hydrogen-bond acceptors (Lipinski definition) is 4. The Kier molecular flexibility index (Phi) is 4.70. The molecule has 1 unspecified atom stereocenters. The summed E-state index contributed by atoms with van der Waals surface area (Å²) >= 11 is 3.46. The highest BCUT2D eigenvalue weighted by Gasteiger charge is 2.40. The first kappa shape index (κ1) is 17.7. The zero-order valence-corrected chi connectivity index (χ0v) is 16.0. The number of imide groups is 1. The zero-order chi connectivity index (χ0) is 19.0. The molecule has 1 atom stereocenters. The molecule has 1 N–H and O–H groups in total. The monoisotopic (exact) mass is 428 g/mol. The van der Waals surface area contributed by atoms with Crippen LogP contribution in [-0.4, -0.2) is 28.7 Å². The quantitative estimate of drug-likeness (QED) is 0.759. The number of amides is 3. The van der Waals surface area contributed by atoms with Crippen molar-refractivity contribution in [1.29, 1.82) is 0 Å². The third kappa shape index (κ3) is 3.47. The Bertz CT molecular complexity index is 929. The molecular weight excluding hydrogens is 412 g/mol. The highest BCUT2D eigenvalue weighted by atomic mass is 79.9. The Morgan fingerprint density at radius 3 is 2.67 bits per heavy atom. The van der Waals surface area contributed by atoms with Crippen molar-refractivity contribution < 1.29 is 19.1 Å². The molecule has 3 amide bonds. The van der Waals surface area contributed by atoms with Crippen LogP contribution >= 0.6 is 15.9 Å². The van der Waals surface area contributed by atoms with Crippen molar-refractivity contribution in [2.24, 2.45) is 0 Å². The molecule has 4 rings (SSSR count). The maximum Gasteiger partial charge on any atom is 0.256 e. The first-order valence-corrected chi connectivity index (χ1v) is 9.46. The first-order valence-electron chi connectivity index (χ1n) is 8.67. The molecule has 2 aromatic carbocycles. The van der Waals surface area contributed by atoms with E-state index in [9.17, 15) is 14.4 Å². The highest BCUT2D eigenvalue weighted by molar-refractivity contribution is 9.10. The molecule has 1 fully saturated rings. The van der Waals surface area contributed by atoms with E-state index in [0.717, 1.165) is 11.1 Å². The minimum atomic E-state index is -0.622. The van der Waals surface area contributed by atoms with Crippen molar-refractivity contribution in [1.82, 2.24) is 10.2 Å². The molecule has 0 bridgehead atoms. The molecule has 6 nitrogen and oxygen atoms in total. The molecule has 2 aromatic rings. The number of rotatable bonds is 4. The summed E-state index contributed by atoms with van der Waals surface area (Å²) in [7, 11) is 0. The van der Waals surface area contributed by atoms with Gasteiger partial charge in [0.15, 0.2) is 0 Å². The summed E-state index contributed by atoms with van der Waals surface area (Å²) in [5.74, 6) is -0.259. The summed E-state index contributed by atoms with van der Waals surface area (Å²) < 4.78 is 6.51. The van der Waals surface area contributed by atoms with Crippen LogP contribution in [0.1, 0.15) is 34.3 Å². The number of fused-ring (bicyclic) bond motifs is 1. The second-order valence-corrected chi connectivity index (χ2v) is 7.47. The molecule has 0 saturated carbocycles. The predicted octanol–water partition coefficient (Wildman–Crippen LogP) is 2.79. The average molecular weight is 429 g/mol. The van der Waals surface area contributed by atoms with E-state index < -0.39 is 11.9 Å². The van der Waals surface area contributed by atoms with Crippen molar-refractivity contribution in [3.8, 4) is 5.75 Å². The molecule has 0 aromatic heterocycles. The van der Waals surface area contributed by atoms with Gasteiger partial charge in [0.25, 0.3) is 5.91 Å². The Balaban J connectivity index is 1.53. The van der Waals surface area contributed by atoms with Gasteiger partial charge in [-0.25, -0.2) is 0 Å². The largest absolute Gasteiger partial charge is 0.489 e. The standard InChI is InChI=1S/C20H17BrN2O4/c21-15-9-14(27-11-12-4-2-1-3-5-12)8-13-10-23(20(26)18(13)15)16-6-7-17(24)22-19(16)25/h1-5,8-9,16H,6-7,10-11H2,(H,22,24,25). The minimum Gasteiger partial charge on any atom is -0.489 e. The van der Waals surface area contributed by atoms with E-state index in [0.29, 0.717) is 35.4 Å². The van der Waals surface area contributed by atoms with Gasteiger partial charge in [0, 0.05) is 17.4 Å². The predicted molar refractivity (Wildman–Crippen MR) is 101 cm³/mol. The van der Waals surface area contributed by atoms with Crippen LogP contribution in [-0.2, 0) is 22.7 Å². The molecular formula is C20H17BrN2O4. The number of nitrogens with zero attached hydrogens (tertiary/aromatic N) is 1. The van der Waals surface area contributed by atoms with E-state index in [1.165, 1.54) is 4.90 Å². The maximum absolute atomic E-state index is 12.8. The molecule has 0 spiro atoms. The second kappa shape index (κ2) is 7.15.